The highest BCUT2D eigenvalue weighted by Gasteiger charge is 2.29. The zero-order valence-corrected chi connectivity index (χ0v) is 11.1. The van der Waals surface area contributed by atoms with Gasteiger partial charge in [-0.05, 0) is 23.8 Å². The summed E-state index contributed by atoms with van der Waals surface area (Å²) in [4.78, 5) is 0. The van der Waals surface area contributed by atoms with Crippen molar-refractivity contribution in [2.45, 2.75) is 52.2 Å². The van der Waals surface area contributed by atoms with E-state index in [1.165, 1.54) is 31.2 Å². The summed E-state index contributed by atoms with van der Waals surface area (Å²) in [5.74, 6) is 1.59. The Balaban J connectivity index is 1.86. The van der Waals surface area contributed by atoms with Crippen molar-refractivity contribution in [2.75, 3.05) is 0 Å². The van der Waals surface area contributed by atoms with Crippen LogP contribution in [0.5, 0.6) is 0 Å². The predicted octanol–water partition coefficient (Wildman–Crippen LogP) is 4.42. The van der Waals surface area contributed by atoms with E-state index in [0.29, 0.717) is 6.10 Å². The van der Waals surface area contributed by atoms with E-state index in [1.807, 2.05) is 0 Å². The van der Waals surface area contributed by atoms with Crippen molar-refractivity contribution in [3.63, 3.8) is 0 Å². The van der Waals surface area contributed by atoms with Crippen LogP contribution < -0.4 is 0 Å². The van der Waals surface area contributed by atoms with Gasteiger partial charge in [0.2, 0.25) is 0 Å². The van der Waals surface area contributed by atoms with E-state index in [2.05, 4.69) is 44.2 Å². The Labute approximate surface area is 105 Å². The molecule has 1 aliphatic rings. The third-order valence-electron chi connectivity index (χ3n) is 4.22. The molecule has 0 radical (unpaired) electrons. The molecular weight excluding hydrogens is 208 g/mol. The van der Waals surface area contributed by atoms with Gasteiger partial charge in [-0.15, -0.1) is 0 Å². The lowest BCUT2D eigenvalue weighted by Gasteiger charge is -2.35. The molecule has 0 heterocycles. The molecule has 2 rings (SSSR count). The molecule has 0 N–H and O–H groups in total. The Morgan fingerprint density at radius 1 is 1.18 bits per heavy atom. The second-order valence-electron chi connectivity index (χ2n) is 5.29. The zero-order valence-electron chi connectivity index (χ0n) is 11.1. The van der Waals surface area contributed by atoms with Crippen LogP contribution in [0.15, 0.2) is 30.3 Å². The number of rotatable bonds is 4. The Hall–Kier alpha value is -0.820. The van der Waals surface area contributed by atoms with Crippen LogP contribution in [0.1, 0.15) is 45.1 Å². The van der Waals surface area contributed by atoms with Gasteiger partial charge in [0.05, 0.1) is 12.7 Å². The second kappa shape index (κ2) is 6.20. The Morgan fingerprint density at radius 2 is 1.94 bits per heavy atom. The molecule has 1 saturated carbocycles. The van der Waals surface area contributed by atoms with Gasteiger partial charge in [0.25, 0.3) is 0 Å². The largest absolute Gasteiger partial charge is 0.373 e. The highest BCUT2D eigenvalue weighted by molar-refractivity contribution is 5.13. The molecule has 1 aliphatic carbocycles. The van der Waals surface area contributed by atoms with E-state index >= 15 is 0 Å². The molecule has 1 aromatic rings. The minimum absolute atomic E-state index is 0.467. The van der Waals surface area contributed by atoms with E-state index in [-0.39, 0.29) is 0 Å². The third kappa shape index (κ3) is 3.32. The average molecular weight is 232 g/mol. The number of hydrogen-bond acceptors (Lipinski definition) is 1. The summed E-state index contributed by atoms with van der Waals surface area (Å²) in [6, 6.07) is 10.5. The van der Waals surface area contributed by atoms with E-state index in [9.17, 15) is 0 Å². The maximum Gasteiger partial charge on any atom is 0.0720 e. The number of benzene rings is 1. The lowest BCUT2D eigenvalue weighted by atomic mass is 9.77. The first-order valence-corrected chi connectivity index (χ1v) is 6.96. The van der Waals surface area contributed by atoms with Crippen molar-refractivity contribution in [1.82, 2.24) is 0 Å². The van der Waals surface area contributed by atoms with Crippen LogP contribution in [0.4, 0.5) is 0 Å². The van der Waals surface area contributed by atoms with Gasteiger partial charge in [0, 0.05) is 0 Å². The highest BCUT2D eigenvalue weighted by atomic mass is 16.5. The summed E-state index contributed by atoms with van der Waals surface area (Å²) in [5.41, 5.74) is 1.29. The quantitative estimate of drug-likeness (QED) is 0.746. The van der Waals surface area contributed by atoms with E-state index < -0.39 is 0 Å². The molecule has 0 aromatic heterocycles. The Kier molecular flexibility index (Phi) is 4.61. The van der Waals surface area contributed by atoms with Gasteiger partial charge in [-0.3, -0.25) is 0 Å². The fraction of sp³-hybridized carbons (Fsp3) is 0.625. The van der Waals surface area contributed by atoms with Crippen molar-refractivity contribution < 1.29 is 4.74 Å². The fourth-order valence-corrected chi connectivity index (χ4v) is 3.00. The summed E-state index contributed by atoms with van der Waals surface area (Å²) in [7, 11) is 0. The minimum atomic E-state index is 0.467. The van der Waals surface area contributed by atoms with Crippen LogP contribution in [0, 0.1) is 11.8 Å². The van der Waals surface area contributed by atoms with Crippen molar-refractivity contribution in [3.05, 3.63) is 35.9 Å². The summed E-state index contributed by atoms with van der Waals surface area (Å²) >= 11 is 0. The van der Waals surface area contributed by atoms with Crippen LogP contribution in [0.3, 0.4) is 0 Å². The van der Waals surface area contributed by atoms with Crippen molar-refractivity contribution in [3.8, 4) is 0 Å². The maximum absolute atomic E-state index is 6.11. The molecule has 0 saturated heterocycles. The first-order valence-electron chi connectivity index (χ1n) is 6.96. The molecule has 17 heavy (non-hydrogen) atoms. The number of ether oxygens (including phenoxy) is 1. The minimum Gasteiger partial charge on any atom is -0.373 e. The topological polar surface area (TPSA) is 9.23 Å². The second-order valence-corrected chi connectivity index (χ2v) is 5.29. The molecule has 1 fully saturated rings. The third-order valence-corrected chi connectivity index (χ3v) is 4.22. The Morgan fingerprint density at radius 3 is 2.65 bits per heavy atom. The Bertz CT molecular complexity index is 320. The van der Waals surface area contributed by atoms with Crippen molar-refractivity contribution in [2.24, 2.45) is 11.8 Å². The zero-order chi connectivity index (χ0) is 12.1. The normalized spacial score (nSPS) is 29.2. The predicted molar refractivity (Wildman–Crippen MR) is 71.8 cm³/mol. The fourth-order valence-electron chi connectivity index (χ4n) is 3.00. The molecule has 0 unspecified atom stereocenters. The van der Waals surface area contributed by atoms with Gasteiger partial charge in [0.1, 0.15) is 0 Å². The van der Waals surface area contributed by atoms with Gasteiger partial charge in [0.15, 0.2) is 0 Å². The summed E-state index contributed by atoms with van der Waals surface area (Å²) in [6.45, 7) is 5.44. The first kappa shape index (κ1) is 12.6. The summed E-state index contributed by atoms with van der Waals surface area (Å²) in [6.07, 6.45) is 5.73. The molecule has 1 nitrogen and oxygen atoms in total. The van der Waals surface area contributed by atoms with Gasteiger partial charge in [-0.1, -0.05) is 63.4 Å². The monoisotopic (exact) mass is 232 g/mol. The van der Waals surface area contributed by atoms with Crippen LogP contribution in [0.25, 0.3) is 0 Å². The first-order chi connectivity index (χ1) is 8.31. The van der Waals surface area contributed by atoms with E-state index in [4.69, 9.17) is 4.74 Å². The van der Waals surface area contributed by atoms with Gasteiger partial charge in [-0.25, -0.2) is 0 Å². The molecule has 0 bridgehead atoms. The molecule has 0 aliphatic heterocycles. The maximum atomic E-state index is 6.11. The van der Waals surface area contributed by atoms with Crippen LogP contribution in [0.2, 0.25) is 0 Å². The number of hydrogen-bond donors (Lipinski definition) is 0. The SMILES string of the molecule is CC[C@H]1CCC[C@@H](OCc2ccccc2)[C@@H]1C. The molecule has 0 amide bonds. The standard InChI is InChI=1S/C16H24O/c1-3-15-10-7-11-16(13(15)2)17-12-14-8-5-4-6-9-14/h4-6,8-9,13,15-16H,3,7,10-12H2,1-2H3/t13-,15+,16-/m1/s1. The molecular formula is C16H24O. The van der Waals surface area contributed by atoms with Gasteiger partial charge < -0.3 is 4.74 Å². The van der Waals surface area contributed by atoms with Crippen molar-refractivity contribution >= 4 is 0 Å². The molecule has 1 heteroatoms. The van der Waals surface area contributed by atoms with Gasteiger partial charge in [-0.2, -0.15) is 0 Å². The van der Waals surface area contributed by atoms with Crippen LogP contribution in [-0.4, -0.2) is 6.10 Å². The van der Waals surface area contributed by atoms with Gasteiger partial charge >= 0.3 is 0 Å². The highest BCUT2D eigenvalue weighted by Crippen LogP contribution is 2.34. The van der Waals surface area contributed by atoms with Crippen molar-refractivity contribution in [1.29, 1.82) is 0 Å². The van der Waals surface area contributed by atoms with E-state index in [1.54, 1.807) is 0 Å². The molecule has 1 aromatic carbocycles. The van der Waals surface area contributed by atoms with Crippen LogP contribution in [-0.2, 0) is 11.3 Å². The summed E-state index contributed by atoms with van der Waals surface area (Å²) in [5, 5.41) is 0. The smallest absolute Gasteiger partial charge is 0.0720 e. The van der Waals surface area contributed by atoms with Crippen LogP contribution >= 0.6 is 0 Å². The average Bonchev–Trinajstić information content (AvgIpc) is 2.39. The molecule has 0 spiro atoms. The van der Waals surface area contributed by atoms with E-state index in [0.717, 1.165) is 18.4 Å². The lowest BCUT2D eigenvalue weighted by Crippen LogP contribution is -2.32. The molecule has 94 valence electrons. The lowest BCUT2D eigenvalue weighted by molar-refractivity contribution is -0.0367. The summed E-state index contributed by atoms with van der Waals surface area (Å²) < 4.78 is 6.11. The molecule has 3 atom stereocenters.